The van der Waals surface area contributed by atoms with E-state index in [0.717, 1.165) is 16.7 Å². The first-order valence-electron chi connectivity index (χ1n) is 8.13. The summed E-state index contributed by atoms with van der Waals surface area (Å²) in [7, 11) is 0. The number of rotatable bonds is 6. The minimum absolute atomic E-state index is 0.0361. The van der Waals surface area contributed by atoms with Crippen molar-refractivity contribution in [1.29, 1.82) is 0 Å². The van der Waals surface area contributed by atoms with Gasteiger partial charge in [-0.3, -0.25) is 19.8 Å². The zero-order valence-electron chi connectivity index (χ0n) is 14.3. The Hall–Kier alpha value is -3.04. The smallest absolute Gasteiger partial charge is 0.276 e. The summed E-state index contributed by atoms with van der Waals surface area (Å²) in [5.74, 6) is -2.04. The Morgan fingerprint density at radius 3 is 2.46 bits per heavy atom. The lowest BCUT2D eigenvalue weighted by molar-refractivity contribution is -0.385. The van der Waals surface area contributed by atoms with Crippen LogP contribution in [0, 0.1) is 10.1 Å². The summed E-state index contributed by atoms with van der Waals surface area (Å²) in [6, 6.07) is 13.5. The number of carboxylic acid groups (broad SMARTS) is 1. The van der Waals surface area contributed by atoms with Gasteiger partial charge in [-0.15, -0.1) is 0 Å². The van der Waals surface area contributed by atoms with Gasteiger partial charge in [0.1, 0.15) is 4.32 Å². The van der Waals surface area contributed by atoms with Gasteiger partial charge in [0, 0.05) is 6.07 Å². The SMILES string of the molecule is O=C([O-])[C@H](Cc1ccccc1)N1C(=O)/C(=C/c2ccccc2[N+](=O)[O-])SC1=S. The third-order valence-corrected chi connectivity index (χ3v) is 5.43. The van der Waals surface area contributed by atoms with Gasteiger partial charge < -0.3 is 9.90 Å². The van der Waals surface area contributed by atoms with Crippen molar-refractivity contribution in [2.45, 2.75) is 12.5 Å². The molecule has 1 heterocycles. The Morgan fingerprint density at radius 2 is 1.82 bits per heavy atom. The fourth-order valence-electron chi connectivity index (χ4n) is 2.78. The number of carbonyl (C=O) groups excluding carboxylic acids is 2. The molecule has 7 nitrogen and oxygen atoms in total. The normalized spacial score (nSPS) is 16.4. The number of carbonyl (C=O) groups is 2. The van der Waals surface area contributed by atoms with E-state index in [0.29, 0.717) is 5.56 Å². The lowest BCUT2D eigenvalue weighted by Gasteiger charge is -2.27. The molecule has 0 saturated carbocycles. The zero-order chi connectivity index (χ0) is 20.3. The maximum Gasteiger partial charge on any atom is 0.276 e. The molecule has 3 rings (SSSR count). The van der Waals surface area contributed by atoms with Gasteiger partial charge in [0.25, 0.3) is 11.6 Å². The average molecular weight is 413 g/mol. The number of nitro groups is 1. The number of aliphatic carboxylic acids is 1. The van der Waals surface area contributed by atoms with Gasteiger partial charge in [-0.25, -0.2) is 0 Å². The van der Waals surface area contributed by atoms with Crippen LogP contribution in [-0.2, 0) is 16.0 Å². The fraction of sp³-hybridized carbons (Fsp3) is 0.105. The minimum atomic E-state index is -1.42. The van der Waals surface area contributed by atoms with Crippen molar-refractivity contribution in [3.8, 4) is 0 Å². The predicted molar refractivity (Wildman–Crippen MR) is 107 cm³/mol. The van der Waals surface area contributed by atoms with E-state index in [-0.39, 0.29) is 26.9 Å². The molecule has 0 aromatic heterocycles. The van der Waals surface area contributed by atoms with Crippen molar-refractivity contribution < 1.29 is 19.6 Å². The van der Waals surface area contributed by atoms with E-state index in [1.54, 1.807) is 36.4 Å². The number of hydrogen-bond acceptors (Lipinski definition) is 7. The molecule has 1 atom stereocenters. The Labute approximate surface area is 169 Å². The molecule has 1 amide bonds. The first-order chi connectivity index (χ1) is 13.4. The predicted octanol–water partition coefficient (Wildman–Crippen LogP) is 2.16. The van der Waals surface area contributed by atoms with Crippen molar-refractivity contribution in [3.05, 3.63) is 80.7 Å². The molecule has 0 spiro atoms. The highest BCUT2D eigenvalue weighted by Crippen LogP contribution is 2.35. The number of para-hydroxylation sites is 1. The number of nitro benzene ring substituents is 1. The summed E-state index contributed by atoms with van der Waals surface area (Å²) in [6.07, 6.45) is 1.39. The van der Waals surface area contributed by atoms with Crippen LogP contribution in [0.4, 0.5) is 5.69 Å². The molecule has 0 N–H and O–H groups in total. The Morgan fingerprint density at radius 1 is 1.18 bits per heavy atom. The van der Waals surface area contributed by atoms with Crippen molar-refractivity contribution >= 4 is 51.9 Å². The Balaban J connectivity index is 1.92. The second-order valence-corrected chi connectivity index (χ2v) is 7.57. The van der Waals surface area contributed by atoms with Crippen LogP contribution >= 0.6 is 24.0 Å². The standard InChI is InChI=1S/C19H14N2O5S2/c22-17-16(11-13-8-4-5-9-14(13)21(25)26)28-19(27)20(17)15(18(23)24)10-12-6-2-1-3-7-12/h1-9,11,15H,10H2,(H,23,24)/p-1/b16-11-/t15-/m0/s1. The van der Waals surface area contributed by atoms with Gasteiger partial charge in [-0.2, -0.15) is 0 Å². The number of carboxylic acids is 1. The highest BCUT2D eigenvalue weighted by atomic mass is 32.2. The average Bonchev–Trinajstić information content (AvgIpc) is 2.94. The maximum atomic E-state index is 12.8. The van der Waals surface area contributed by atoms with Crippen LogP contribution in [0.3, 0.4) is 0 Å². The first kappa shape index (κ1) is 19.7. The molecule has 2 aromatic rings. The van der Waals surface area contributed by atoms with Crippen LogP contribution in [0.2, 0.25) is 0 Å². The summed E-state index contributed by atoms with van der Waals surface area (Å²) in [5.41, 5.74) is 0.794. The van der Waals surface area contributed by atoms with Crippen LogP contribution in [0.25, 0.3) is 6.08 Å². The summed E-state index contributed by atoms with van der Waals surface area (Å²) in [4.78, 5) is 36.3. The van der Waals surface area contributed by atoms with Crippen LogP contribution in [0.5, 0.6) is 0 Å². The number of thioether (sulfide) groups is 1. The van der Waals surface area contributed by atoms with Gasteiger partial charge in [-0.05, 0) is 24.1 Å². The van der Waals surface area contributed by atoms with E-state index in [1.165, 1.54) is 24.3 Å². The highest BCUT2D eigenvalue weighted by molar-refractivity contribution is 8.26. The minimum Gasteiger partial charge on any atom is -0.548 e. The number of thiocarbonyl (C=S) groups is 1. The van der Waals surface area contributed by atoms with Crippen LogP contribution in [0.15, 0.2) is 59.5 Å². The molecule has 0 radical (unpaired) electrons. The van der Waals surface area contributed by atoms with E-state index in [1.807, 2.05) is 0 Å². The molecular weight excluding hydrogens is 400 g/mol. The van der Waals surface area contributed by atoms with Gasteiger partial charge in [0.2, 0.25) is 0 Å². The summed E-state index contributed by atoms with van der Waals surface area (Å²) >= 11 is 6.12. The van der Waals surface area contributed by atoms with Crippen molar-refractivity contribution in [1.82, 2.24) is 4.90 Å². The van der Waals surface area contributed by atoms with Crippen molar-refractivity contribution in [3.63, 3.8) is 0 Å². The number of benzene rings is 2. The van der Waals surface area contributed by atoms with E-state index in [4.69, 9.17) is 12.2 Å². The molecule has 1 aliphatic rings. The van der Waals surface area contributed by atoms with E-state index < -0.39 is 22.8 Å². The maximum absolute atomic E-state index is 12.8. The number of nitrogens with zero attached hydrogens (tertiary/aromatic N) is 2. The van der Waals surface area contributed by atoms with Gasteiger partial charge in [0.05, 0.1) is 27.4 Å². The Kier molecular flexibility index (Phi) is 5.86. The first-order valence-corrected chi connectivity index (χ1v) is 9.36. The Bertz CT molecular complexity index is 991. The van der Waals surface area contributed by atoms with Crippen molar-refractivity contribution in [2.24, 2.45) is 0 Å². The molecule has 1 aliphatic heterocycles. The lowest BCUT2D eigenvalue weighted by atomic mass is 10.0. The second kappa shape index (κ2) is 8.32. The third kappa shape index (κ3) is 4.10. The largest absolute Gasteiger partial charge is 0.548 e. The molecule has 9 heteroatoms. The topological polar surface area (TPSA) is 104 Å². The highest BCUT2D eigenvalue weighted by Gasteiger charge is 2.38. The molecular formula is C19H13N2O5S2-. The zero-order valence-corrected chi connectivity index (χ0v) is 15.9. The summed E-state index contributed by atoms with van der Waals surface area (Å²) in [6.45, 7) is 0. The van der Waals surface area contributed by atoms with Crippen LogP contribution in [-0.4, -0.2) is 32.1 Å². The van der Waals surface area contributed by atoms with E-state index >= 15 is 0 Å². The second-order valence-electron chi connectivity index (χ2n) is 5.89. The molecule has 2 aromatic carbocycles. The molecule has 1 fully saturated rings. The molecule has 142 valence electrons. The number of amides is 1. The molecule has 0 bridgehead atoms. The quantitative estimate of drug-likeness (QED) is 0.309. The van der Waals surface area contributed by atoms with Crippen LogP contribution in [0.1, 0.15) is 11.1 Å². The lowest BCUT2D eigenvalue weighted by Crippen LogP contribution is -2.51. The van der Waals surface area contributed by atoms with Crippen LogP contribution < -0.4 is 5.11 Å². The molecule has 0 unspecified atom stereocenters. The molecule has 0 aliphatic carbocycles. The number of hydrogen-bond donors (Lipinski definition) is 0. The monoisotopic (exact) mass is 413 g/mol. The summed E-state index contributed by atoms with van der Waals surface area (Å²) < 4.78 is 0.0694. The van der Waals surface area contributed by atoms with Gasteiger partial charge in [0.15, 0.2) is 0 Å². The fourth-order valence-corrected chi connectivity index (χ4v) is 4.13. The third-order valence-electron chi connectivity index (χ3n) is 4.10. The van der Waals surface area contributed by atoms with Gasteiger partial charge >= 0.3 is 0 Å². The van der Waals surface area contributed by atoms with E-state index in [2.05, 4.69) is 0 Å². The molecule has 1 saturated heterocycles. The van der Waals surface area contributed by atoms with E-state index in [9.17, 15) is 24.8 Å². The summed E-state index contributed by atoms with van der Waals surface area (Å²) in [5, 5.41) is 22.9. The van der Waals surface area contributed by atoms with Gasteiger partial charge in [-0.1, -0.05) is 66.4 Å². The molecule has 28 heavy (non-hydrogen) atoms. The van der Waals surface area contributed by atoms with Crippen molar-refractivity contribution in [2.75, 3.05) is 0 Å².